The summed E-state index contributed by atoms with van der Waals surface area (Å²) in [5, 5.41) is 11.3. The van der Waals surface area contributed by atoms with Crippen LogP contribution in [0.2, 0.25) is 0 Å². The Hall–Kier alpha value is -2.64. The predicted molar refractivity (Wildman–Crippen MR) is 102 cm³/mol. The molecule has 0 aliphatic carbocycles. The molecule has 3 rings (SSSR count). The number of hydrogen-bond acceptors (Lipinski definition) is 5. The Kier molecular flexibility index (Phi) is 6.04. The van der Waals surface area contributed by atoms with E-state index in [0.29, 0.717) is 17.3 Å². The third-order valence-corrected chi connectivity index (χ3v) is 4.89. The van der Waals surface area contributed by atoms with E-state index in [2.05, 4.69) is 9.97 Å². The molecule has 6 nitrogen and oxygen atoms in total. The van der Waals surface area contributed by atoms with Crippen LogP contribution in [0, 0.1) is 0 Å². The van der Waals surface area contributed by atoms with E-state index in [1.165, 1.54) is 17.8 Å². The highest BCUT2D eigenvalue weighted by Crippen LogP contribution is 2.24. The summed E-state index contributed by atoms with van der Waals surface area (Å²) in [5.41, 5.74) is 2.96. The van der Waals surface area contributed by atoms with E-state index in [0.717, 1.165) is 28.5 Å². The number of nitrogens with zero attached hydrogens (tertiary/aromatic N) is 1. The van der Waals surface area contributed by atoms with Gasteiger partial charge in [-0.1, -0.05) is 48.2 Å². The second kappa shape index (κ2) is 8.64. The Bertz CT molecular complexity index is 971. The van der Waals surface area contributed by atoms with Gasteiger partial charge in [0.2, 0.25) is 5.91 Å². The lowest BCUT2D eigenvalue weighted by molar-refractivity contribution is -0.129. The lowest BCUT2D eigenvalue weighted by Gasteiger charge is -2.06. The summed E-state index contributed by atoms with van der Waals surface area (Å²) in [5.74, 6) is 0.336. The van der Waals surface area contributed by atoms with Crippen LogP contribution < -0.4 is 11.0 Å². The van der Waals surface area contributed by atoms with Crippen LogP contribution in [0.25, 0.3) is 22.0 Å². The van der Waals surface area contributed by atoms with E-state index in [1.807, 2.05) is 42.5 Å². The van der Waals surface area contributed by atoms with Crippen molar-refractivity contribution in [1.29, 1.82) is 0 Å². The van der Waals surface area contributed by atoms with E-state index >= 15 is 0 Å². The number of hydrogen-bond donors (Lipinski definition) is 3. The number of rotatable bonds is 7. The number of thioether (sulfide) groups is 1. The maximum Gasteiger partial charge on any atom is 0.252 e. The van der Waals surface area contributed by atoms with Gasteiger partial charge in [0.15, 0.2) is 5.16 Å². The Morgan fingerprint density at radius 2 is 1.92 bits per heavy atom. The third-order valence-electron chi connectivity index (χ3n) is 3.93. The van der Waals surface area contributed by atoms with Crippen LogP contribution in [-0.2, 0) is 4.79 Å². The zero-order valence-corrected chi connectivity index (χ0v) is 14.9. The second-order valence-electron chi connectivity index (χ2n) is 5.84. The molecule has 7 heteroatoms. The van der Waals surface area contributed by atoms with Crippen LogP contribution >= 0.6 is 11.8 Å². The maximum absolute atomic E-state index is 12.0. The fourth-order valence-electron chi connectivity index (χ4n) is 2.61. The largest absolute Gasteiger partial charge is 0.301 e. The fourth-order valence-corrected chi connectivity index (χ4v) is 3.49. The van der Waals surface area contributed by atoms with E-state index in [-0.39, 0.29) is 17.9 Å². The van der Waals surface area contributed by atoms with Crippen LogP contribution in [0.15, 0.2) is 58.5 Å². The van der Waals surface area contributed by atoms with Crippen molar-refractivity contribution in [3.8, 4) is 11.3 Å². The van der Waals surface area contributed by atoms with Crippen LogP contribution in [0.4, 0.5) is 0 Å². The topological polar surface area (TPSA) is 95.1 Å². The van der Waals surface area contributed by atoms with E-state index in [9.17, 15) is 9.59 Å². The van der Waals surface area contributed by atoms with Gasteiger partial charge in [-0.2, -0.15) is 0 Å². The van der Waals surface area contributed by atoms with Gasteiger partial charge in [0.05, 0.1) is 5.69 Å². The molecular formula is C19H19N3O3S. The van der Waals surface area contributed by atoms with Gasteiger partial charge in [-0.25, -0.2) is 10.5 Å². The van der Waals surface area contributed by atoms with Crippen molar-refractivity contribution in [1.82, 2.24) is 15.4 Å². The summed E-state index contributed by atoms with van der Waals surface area (Å²) in [7, 11) is 0. The number of amides is 1. The quantitative estimate of drug-likeness (QED) is 0.195. The first-order valence-electron chi connectivity index (χ1n) is 8.32. The van der Waals surface area contributed by atoms with Crippen molar-refractivity contribution >= 4 is 28.4 Å². The Balaban J connectivity index is 1.70. The summed E-state index contributed by atoms with van der Waals surface area (Å²) in [6, 6.07) is 15.6. The molecule has 3 aromatic rings. The zero-order chi connectivity index (χ0) is 18.4. The minimum absolute atomic E-state index is 0.190. The number of aromatic nitrogens is 2. The molecule has 0 saturated carbocycles. The first-order valence-corrected chi connectivity index (χ1v) is 9.30. The average Bonchev–Trinajstić information content (AvgIpc) is 2.66. The summed E-state index contributed by atoms with van der Waals surface area (Å²) in [6.45, 7) is 0. The monoisotopic (exact) mass is 369 g/mol. The molecule has 0 aliphatic rings. The zero-order valence-electron chi connectivity index (χ0n) is 14.1. The minimum Gasteiger partial charge on any atom is -0.301 e. The molecule has 0 saturated heterocycles. The third kappa shape index (κ3) is 4.71. The van der Waals surface area contributed by atoms with Gasteiger partial charge in [-0.3, -0.25) is 14.8 Å². The van der Waals surface area contributed by atoms with E-state index in [4.69, 9.17) is 5.21 Å². The Morgan fingerprint density at radius 1 is 1.12 bits per heavy atom. The van der Waals surface area contributed by atoms with Crippen molar-refractivity contribution in [3.05, 3.63) is 58.9 Å². The molecule has 1 amide bonds. The van der Waals surface area contributed by atoms with Gasteiger partial charge < -0.3 is 4.98 Å². The number of carbonyl (C=O) groups is 1. The maximum atomic E-state index is 12.0. The summed E-state index contributed by atoms with van der Waals surface area (Å²) in [6.07, 6.45) is 1.72. The number of nitrogens with one attached hydrogen (secondary N) is 2. The van der Waals surface area contributed by atoms with Gasteiger partial charge >= 0.3 is 0 Å². The Morgan fingerprint density at radius 3 is 2.73 bits per heavy atom. The van der Waals surface area contributed by atoms with Crippen LogP contribution in [-0.4, -0.2) is 26.8 Å². The first kappa shape index (κ1) is 18.2. The average molecular weight is 369 g/mol. The lowest BCUT2D eigenvalue weighted by atomic mass is 10.1. The van der Waals surface area contributed by atoms with Gasteiger partial charge in [0.1, 0.15) is 0 Å². The number of unbranched alkanes of at least 4 members (excludes halogenated alkanes) is 1. The molecule has 0 unspecified atom stereocenters. The van der Waals surface area contributed by atoms with Gasteiger partial charge in [-0.05, 0) is 29.7 Å². The number of hydroxylamine groups is 1. The van der Waals surface area contributed by atoms with Crippen LogP contribution in [0.5, 0.6) is 0 Å². The molecule has 1 aromatic heterocycles. The lowest BCUT2D eigenvalue weighted by Crippen LogP contribution is -2.17. The molecule has 26 heavy (non-hydrogen) atoms. The van der Waals surface area contributed by atoms with Crippen molar-refractivity contribution in [2.24, 2.45) is 0 Å². The molecule has 134 valence electrons. The van der Waals surface area contributed by atoms with Crippen molar-refractivity contribution in [3.63, 3.8) is 0 Å². The summed E-state index contributed by atoms with van der Waals surface area (Å²) >= 11 is 1.45. The predicted octanol–water partition coefficient (Wildman–Crippen LogP) is 3.36. The standard InChI is InChI=1S/C19H19N3O3S/c23-17(22-25)7-3-4-10-26-19-20-16(12-18(24)21-19)15-9-8-13-5-1-2-6-14(13)11-15/h1-2,5-6,8-9,11-12,25H,3-4,7,10H2,(H,22,23)(H,20,21,24). The van der Waals surface area contributed by atoms with Gasteiger partial charge in [-0.15, -0.1) is 0 Å². The molecule has 1 heterocycles. The van der Waals surface area contributed by atoms with Crippen molar-refractivity contribution in [2.45, 2.75) is 24.4 Å². The summed E-state index contributed by atoms with van der Waals surface area (Å²) in [4.78, 5) is 30.2. The fraction of sp³-hybridized carbons (Fsp3) is 0.211. The van der Waals surface area contributed by atoms with E-state index in [1.54, 1.807) is 5.48 Å². The van der Waals surface area contributed by atoms with Crippen molar-refractivity contribution in [2.75, 3.05) is 5.75 Å². The molecule has 3 N–H and O–H groups in total. The highest BCUT2D eigenvalue weighted by Gasteiger charge is 2.06. The molecular weight excluding hydrogens is 350 g/mol. The van der Waals surface area contributed by atoms with Gasteiger partial charge in [0.25, 0.3) is 5.56 Å². The van der Waals surface area contributed by atoms with Crippen LogP contribution in [0.1, 0.15) is 19.3 Å². The molecule has 0 bridgehead atoms. The first-order chi connectivity index (χ1) is 12.7. The SMILES string of the molecule is O=C(CCCCSc1nc(-c2ccc3ccccc3c2)cc(=O)[nH]1)NO. The van der Waals surface area contributed by atoms with Crippen molar-refractivity contribution < 1.29 is 10.0 Å². The molecule has 0 spiro atoms. The number of benzene rings is 2. The highest BCUT2D eigenvalue weighted by atomic mass is 32.2. The van der Waals surface area contributed by atoms with Crippen LogP contribution in [0.3, 0.4) is 0 Å². The Labute approximate surface area is 154 Å². The summed E-state index contributed by atoms with van der Waals surface area (Å²) < 4.78 is 0. The minimum atomic E-state index is -0.389. The second-order valence-corrected chi connectivity index (χ2v) is 6.92. The number of aromatic amines is 1. The smallest absolute Gasteiger partial charge is 0.252 e. The normalized spacial score (nSPS) is 10.8. The number of carbonyl (C=O) groups excluding carboxylic acids is 1. The molecule has 0 radical (unpaired) electrons. The number of H-pyrrole nitrogens is 1. The molecule has 0 fully saturated rings. The van der Waals surface area contributed by atoms with E-state index < -0.39 is 0 Å². The van der Waals surface area contributed by atoms with Gasteiger partial charge in [0, 0.05) is 23.8 Å². The highest BCUT2D eigenvalue weighted by molar-refractivity contribution is 7.99. The number of fused-ring (bicyclic) bond motifs is 1. The molecule has 2 aromatic carbocycles. The molecule has 0 aliphatic heterocycles. The molecule has 0 atom stereocenters.